The predicted octanol–water partition coefficient (Wildman–Crippen LogP) is 11.1. The number of para-hydroxylation sites is 3. The molecule has 0 amide bonds. The fourth-order valence-corrected chi connectivity index (χ4v) is 7.26. The molecule has 0 saturated heterocycles. The molecule has 234 valence electrons. The van der Waals surface area contributed by atoms with Crippen LogP contribution < -0.4 is 0 Å². The predicted molar refractivity (Wildman–Crippen MR) is 205 cm³/mol. The van der Waals surface area contributed by atoms with Crippen molar-refractivity contribution < 1.29 is 0 Å². The minimum absolute atomic E-state index is 0.639. The Kier molecular flexibility index (Phi) is 6.42. The van der Waals surface area contributed by atoms with Crippen LogP contribution in [0.3, 0.4) is 0 Å². The third-order valence-corrected chi connectivity index (χ3v) is 9.56. The molecule has 3 heterocycles. The first-order valence-electron chi connectivity index (χ1n) is 16.8. The Hall–Kier alpha value is -6.85. The fourth-order valence-electron chi connectivity index (χ4n) is 7.26. The third-order valence-electron chi connectivity index (χ3n) is 9.56. The van der Waals surface area contributed by atoms with E-state index in [-0.39, 0.29) is 0 Å². The average molecular weight is 640 g/mol. The van der Waals surface area contributed by atoms with Gasteiger partial charge in [-0.15, -0.1) is 0 Å². The highest BCUT2D eigenvalue weighted by Crippen LogP contribution is 2.39. The van der Waals surface area contributed by atoms with Crippen molar-refractivity contribution in [2.45, 2.75) is 0 Å². The molecule has 0 aliphatic rings. The molecule has 5 heteroatoms. The van der Waals surface area contributed by atoms with E-state index in [9.17, 15) is 0 Å². The molecule has 0 aliphatic heterocycles. The Morgan fingerprint density at radius 3 is 1.14 bits per heavy atom. The maximum atomic E-state index is 4.95. The molecule has 0 atom stereocenters. The molecule has 0 saturated carbocycles. The quantitative estimate of drug-likeness (QED) is 0.188. The lowest BCUT2D eigenvalue weighted by atomic mass is 10.1. The molecular formula is C45H29N5. The molecule has 0 N–H and O–H groups in total. The van der Waals surface area contributed by atoms with Gasteiger partial charge >= 0.3 is 0 Å². The normalized spacial score (nSPS) is 11.6. The SMILES string of the molecule is c1ccc(-c2nc(-c3ccccc3)nc(-c3ccc(-n4c5ccccc5c5cc6c7ccccc7n(-c7ccccc7)c6cc54)cc3)n2)cc1. The highest BCUT2D eigenvalue weighted by Gasteiger charge is 2.19. The topological polar surface area (TPSA) is 48.5 Å². The summed E-state index contributed by atoms with van der Waals surface area (Å²) in [4.78, 5) is 14.8. The van der Waals surface area contributed by atoms with Crippen LogP contribution in [-0.4, -0.2) is 24.1 Å². The molecule has 0 fully saturated rings. The van der Waals surface area contributed by atoms with Crippen molar-refractivity contribution in [1.29, 1.82) is 0 Å². The van der Waals surface area contributed by atoms with Crippen molar-refractivity contribution in [3.8, 4) is 45.5 Å². The Labute approximate surface area is 288 Å². The van der Waals surface area contributed by atoms with Crippen LogP contribution in [0.15, 0.2) is 176 Å². The number of nitrogens with zero attached hydrogens (tertiary/aromatic N) is 5. The number of fused-ring (bicyclic) bond motifs is 6. The zero-order valence-corrected chi connectivity index (χ0v) is 27.0. The Morgan fingerprint density at radius 2 is 0.660 bits per heavy atom. The van der Waals surface area contributed by atoms with Crippen LogP contribution in [0.1, 0.15) is 0 Å². The first kappa shape index (κ1) is 28.2. The van der Waals surface area contributed by atoms with Crippen molar-refractivity contribution >= 4 is 43.6 Å². The zero-order valence-electron chi connectivity index (χ0n) is 27.0. The summed E-state index contributed by atoms with van der Waals surface area (Å²) in [6, 6.07) is 61.5. The van der Waals surface area contributed by atoms with Gasteiger partial charge in [-0.1, -0.05) is 115 Å². The van der Waals surface area contributed by atoms with Crippen LogP contribution in [0.25, 0.3) is 89.2 Å². The highest BCUT2D eigenvalue weighted by molar-refractivity contribution is 6.19. The van der Waals surface area contributed by atoms with Crippen LogP contribution >= 0.6 is 0 Å². The van der Waals surface area contributed by atoms with Gasteiger partial charge in [0.05, 0.1) is 22.1 Å². The summed E-state index contributed by atoms with van der Waals surface area (Å²) in [6.45, 7) is 0. The van der Waals surface area contributed by atoms with E-state index in [1.165, 1.54) is 32.6 Å². The van der Waals surface area contributed by atoms with E-state index in [1.807, 2.05) is 60.7 Å². The van der Waals surface area contributed by atoms with E-state index in [4.69, 9.17) is 15.0 Å². The molecule has 0 bridgehead atoms. The van der Waals surface area contributed by atoms with Crippen LogP contribution in [0.2, 0.25) is 0 Å². The largest absolute Gasteiger partial charge is 0.309 e. The summed E-state index contributed by atoms with van der Waals surface area (Å²) in [6.07, 6.45) is 0. The van der Waals surface area contributed by atoms with Gasteiger partial charge in [0, 0.05) is 49.6 Å². The minimum atomic E-state index is 0.639. The van der Waals surface area contributed by atoms with Gasteiger partial charge in [0.1, 0.15) is 0 Å². The Morgan fingerprint density at radius 1 is 0.280 bits per heavy atom. The Bertz CT molecular complexity index is 2780. The minimum Gasteiger partial charge on any atom is -0.309 e. The van der Waals surface area contributed by atoms with Gasteiger partial charge < -0.3 is 9.13 Å². The molecule has 5 nitrogen and oxygen atoms in total. The average Bonchev–Trinajstić information content (AvgIpc) is 3.70. The van der Waals surface area contributed by atoms with Crippen LogP contribution in [-0.2, 0) is 0 Å². The van der Waals surface area contributed by atoms with Gasteiger partial charge in [0.15, 0.2) is 17.5 Å². The van der Waals surface area contributed by atoms with Gasteiger partial charge in [-0.25, -0.2) is 15.0 Å². The van der Waals surface area contributed by atoms with E-state index < -0.39 is 0 Å². The lowest BCUT2D eigenvalue weighted by Crippen LogP contribution is -2.00. The van der Waals surface area contributed by atoms with Gasteiger partial charge in [-0.3, -0.25) is 0 Å². The number of rotatable bonds is 5. The summed E-state index contributed by atoms with van der Waals surface area (Å²) in [5, 5.41) is 4.94. The molecular weight excluding hydrogens is 611 g/mol. The molecule has 0 aliphatic carbocycles. The van der Waals surface area contributed by atoms with E-state index in [1.54, 1.807) is 0 Å². The summed E-state index contributed by atoms with van der Waals surface area (Å²) in [7, 11) is 0. The van der Waals surface area contributed by atoms with Crippen molar-refractivity contribution in [3.63, 3.8) is 0 Å². The highest BCUT2D eigenvalue weighted by atomic mass is 15.0. The van der Waals surface area contributed by atoms with Crippen LogP contribution in [0.4, 0.5) is 0 Å². The molecule has 0 radical (unpaired) electrons. The monoisotopic (exact) mass is 639 g/mol. The lowest BCUT2D eigenvalue weighted by molar-refractivity contribution is 1.07. The standard InChI is InChI=1S/C45H29N5/c1-4-14-30(15-5-1)43-46-44(31-16-6-2-7-17-31)48-45(47-43)32-24-26-34(27-25-32)50-40-23-13-11-21-36(40)38-28-37-35-20-10-12-22-39(35)49(41(37)29-42(38)50)33-18-8-3-9-19-33/h1-29H. The summed E-state index contributed by atoms with van der Waals surface area (Å²) in [5.74, 6) is 1.94. The third kappa shape index (κ3) is 4.52. The first-order chi connectivity index (χ1) is 24.8. The fraction of sp³-hybridized carbons (Fsp3) is 0. The molecule has 50 heavy (non-hydrogen) atoms. The van der Waals surface area contributed by atoms with Crippen molar-refractivity contribution in [3.05, 3.63) is 176 Å². The van der Waals surface area contributed by atoms with E-state index in [0.717, 1.165) is 39.1 Å². The van der Waals surface area contributed by atoms with Gasteiger partial charge in [-0.05, 0) is 60.7 Å². The lowest BCUT2D eigenvalue weighted by Gasteiger charge is -2.11. The van der Waals surface area contributed by atoms with E-state index >= 15 is 0 Å². The van der Waals surface area contributed by atoms with E-state index in [0.29, 0.717) is 17.5 Å². The summed E-state index contributed by atoms with van der Waals surface area (Å²) in [5.41, 5.74) is 9.75. The van der Waals surface area contributed by atoms with Crippen molar-refractivity contribution in [2.24, 2.45) is 0 Å². The first-order valence-corrected chi connectivity index (χ1v) is 16.8. The summed E-state index contributed by atoms with van der Waals surface area (Å²) < 4.78 is 4.75. The van der Waals surface area contributed by atoms with Gasteiger partial charge in [-0.2, -0.15) is 0 Å². The maximum absolute atomic E-state index is 4.95. The molecule has 7 aromatic carbocycles. The Balaban J connectivity index is 1.17. The second-order valence-electron chi connectivity index (χ2n) is 12.5. The number of hydrogen-bond acceptors (Lipinski definition) is 3. The molecule has 3 aromatic heterocycles. The zero-order chi connectivity index (χ0) is 33.0. The second-order valence-corrected chi connectivity index (χ2v) is 12.5. The molecule has 10 rings (SSSR count). The van der Waals surface area contributed by atoms with Crippen LogP contribution in [0.5, 0.6) is 0 Å². The maximum Gasteiger partial charge on any atom is 0.164 e. The van der Waals surface area contributed by atoms with E-state index in [2.05, 4.69) is 124 Å². The number of benzene rings is 7. The van der Waals surface area contributed by atoms with Gasteiger partial charge in [0.2, 0.25) is 0 Å². The number of aromatic nitrogens is 5. The number of hydrogen-bond donors (Lipinski definition) is 0. The molecule has 10 aromatic rings. The second kappa shape index (κ2) is 11.4. The molecule has 0 unspecified atom stereocenters. The summed E-state index contributed by atoms with van der Waals surface area (Å²) >= 11 is 0. The van der Waals surface area contributed by atoms with Gasteiger partial charge in [0.25, 0.3) is 0 Å². The molecule has 0 spiro atoms. The van der Waals surface area contributed by atoms with Crippen molar-refractivity contribution in [1.82, 2.24) is 24.1 Å². The van der Waals surface area contributed by atoms with Crippen LogP contribution in [0, 0.1) is 0 Å². The smallest absolute Gasteiger partial charge is 0.164 e. The van der Waals surface area contributed by atoms with Crippen molar-refractivity contribution in [2.75, 3.05) is 0 Å².